The van der Waals surface area contributed by atoms with Crippen LogP contribution in [0.4, 0.5) is 17.3 Å². The van der Waals surface area contributed by atoms with Crippen molar-refractivity contribution in [2.75, 3.05) is 40.9 Å². The molecule has 1 saturated heterocycles. The molecule has 0 spiro atoms. The van der Waals surface area contributed by atoms with Crippen LogP contribution in [-0.4, -0.2) is 62.5 Å². The quantitative estimate of drug-likeness (QED) is 0.196. The van der Waals surface area contributed by atoms with Crippen molar-refractivity contribution in [2.45, 2.75) is 32.5 Å². The second kappa shape index (κ2) is 13.0. The lowest BCUT2D eigenvalue weighted by Crippen LogP contribution is -2.46. The summed E-state index contributed by atoms with van der Waals surface area (Å²) in [5.74, 6) is 3.02. The number of hydrogen-bond donors (Lipinski definition) is 1. The van der Waals surface area contributed by atoms with Gasteiger partial charge in [-0.25, -0.2) is 9.97 Å². The van der Waals surface area contributed by atoms with Crippen LogP contribution in [0.25, 0.3) is 11.4 Å². The van der Waals surface area contributed by atoms with Gasteiger partial charge in [0.25, 0.3) is 0 Å². The van der Waals surface area contributed by atoms with Crippen molar-refractivity contribution in [1.29, 1.82) is 0 Å². The van der Waals surface area contributed by atoms with E-state index in [1.165, 1.54) is 0 Å². The smallest absolute Gasteiger partial charge is 0.232 e. The number of benzene rings is 2. The molecule has 0 radical (unpaired) electrons. The Kier molecular flexibility index (Phi) is 8.80. The van der Waals surface area contributed by atoms with E-state index in [4.69, 9.17) is 19.4 Å². The fourth-order valence-corrected chi connectivity index (χ4v) is 5.75. The zero-order valence-corrected chi connectivity index (χ0v) is 25.7. The van der Waals surface area contributed by atoms with Crippen LogP contribution >= 0.6 is 22.6 Å². The third-order valence-corrected chi connectivity index (χ3v) is 8.17. The van der Waals surface area contributed by atoms with Gasteiger partial charge in [0.2, 0.25) is 11.8 Å². The average molecular weight is 677 g/mol. The number of amides is 1. The molecule has 6 rings (SSSR count). The molecule has 2 aliphatic heterocycles. The molecule has 216 valence electrons. The summed E-state index contributed by atoms with van der Waals surface area (Å²) in [6, 6.07) is 24.0. The summed E-state index contributed by atoms with van der Waals surface area (Å²) in [4.78, 5) is 31.4. The highest BCUT2D eigenvalue weighted by molar-refractivity contribution is 14.1. The first-order valence-electron chi connectivity index (χ1n) is 14.2. The Bertz CT molecular complexity index is 1540. The Morgan fingerprint density at radius 3 is 2.64 bits per heavy atom. The number of carbonyl (C=O) groups is 1. The highest BCUT2D eigenvalue weighted by atomic mass is 127. The maximum absolute atomic E-state index is 12.5. The topological polar surface area (TPSA) is 92.7 Å². The lowest BCUT2D eigenvalue weighted by Gasteiger charge is -2.37. The summed E-state index contributed by atoms with van der Waals surface area (Å²) in [6.45, 7) is 5.94. The van der Waals surface area contributed by atoms with Crippen LogP contribution in [-0.2, 0) is 29.1 Å². The molecule has 2 aliphatic rings. The first-order valence-corrected chi connectivity index (χ1v) is 15.7. The second-order valence-electron chi connectivity index (χ2n) is 10.5. The number of fused-ring (bicyclic) bond motifs is 1. The fourth-order valence-electron chi connectivity index (χ4n) is 5.26. The van der Waals surface area contributed by atoms with Gasteiger partial charge in [-0.2, -0.15) is 4.98 Å². The summed E-state index contributed by atoms with van der Waals surface area (Å²) in [7, 11) is 0. The molecule has 0 bridgehead atoms. The first-order chi connectivity index (χ1) is 20.6. The first kappa shape index (κ1) is 28.4. The zero-order valence-electron chi connectivity index (χ0n) is 23.5. The molecule has 1 amide bonds. The van der Waals surface area contributed by atoms with Crippen LogP contribution in [0.15, 0.2) is 72.8 Å². The number of carbonyl (C=O) groups excluding carboxylic acids is 1. The molecule has 1 unspecified atom stereocenters. The van der Waals surface area contributed by atoms with Crippen LogP contribution < -0.4 is 15.0 Å². The van der Waals surface area contributed by atoms with E-state index in [2.05, 4.69) is 44.7 Å². The van der Waals surface area contributed by atoms with Crippen molar-refractivity contribution in [3.8, 4) is 17.3 Å². The van der Waals surface area contributed by atoms with Crippen LogP contribution in [0.3, 0.4) is 0 Å². The number of halogens is 1. The number of anilines is 3. The maximum atomic E-state index is 12.5. The summed E-state index contributed by atoms with van der Waals surface area (Å²) in [5.41, 5.74) is 4.97. The van der Waals surface area contributed by atoms with E-state index in [1.807, 2.05) is 77.7 Å². The summed E-state index contributed by atoms with van der Waals surface area (Å²) in [6.07, 6.45) is 0.751. The van der Waals surface area contributed by atoms with Crippen LogP contribution in [0.1, 0.15) is 23.7 Å². The number of morpholine rings is 1. The van der Waals surface area contributed by atoms with Gasteiger partial charge in [-0.05, 0) is 49.2 Å². The Hall–Kier alpha value is -3.77. The van der Waals surface area contributed by atoms with Crippen molar-refractivity contribution < 1.29 is 14.3 Å². The van der Waals surface area contributed by atoms with Gasteiger partial charge in [0.15, 0.2) is 5.82 Å². The molecule has 2 aromatic heterocycles. The number of ether oxygens (including phenoxy) is 2. The minimum atomic E-state index is 0.140. The standard InChI is InChI=1S/C32H33IN6O3/c1-22-20-41-17-16-39(22)32-26-14-15-38(30(40)18-33)19-27(26)35-31(37-32)24-10-12-25(13-11-24)34-28-8-5-9-29(36-28)42-21-23-6-3-2-4-7-23/h2-13,22H,14-21H2,1H3,(H,34,36). The van der Waals surface area contributed by atoms with Crippen molar-refractivity contribution >= 4 is 45.8 Å². The van der Waals surface area contributed by atoms with Crippen LogP contribution in [0, 0.1) is 0 Å². The molecule has 42 heavy (non-hydrogen) atoms. The highest BCUT2D eigenvalue weighted by Gasteiger charge is 2.30. The van der Waals surface area contributed by atoms with E-state index < -0.39 is 0 Å². The van der Waals surface area contributed by atoms with Gasteiger partial charge in [-0.3, -0.25) is 4.79 Å². The lowest BCUT2D eigenvalue weighted by molar-refractivity contribution is -0.129. The molecule has 2 aromatic carbocycles. The molecule has 0 aliphatic carbocycles. The van der Waals surface area contributed by atoms with E-state index in [0.29, 0.717) is 54.9 Å². The summed E-state index contributed by atoms with van der Waals surface area (Å²) in [5, 5.41) is 3.37. The normalized spacial score (nSPS) is 16.6. The van der Waals surface area contributed by atoms with Crippen LogP contribution in [0.5, 0.6) is 5.88 Å². The lowest BCUT2D eigenvalue weighted by atomic mass is 10.0. The Balaban J connectivity index is 1.22. The van der Waals surface area contributed by atoms with Gasteiger partial charge in [0, 0.05) is 36.0 Å². The largest absolute Gasteiger partial charge is 0.473 e. The highest BCUT2D eigenvalue weighted by Crippen LogP contribution is 2.32. The predicted molar refractivity (Wildman–Crippen MR) is 171 cm³/mol. The number of alkyl halides is 1. The van der Waals surface area contributed by atoms with E-state index >= 15 is 0 Å². The van der Waals surface area contributed by atoms with Gasteiger partial charge in [0.05, 0.1) is 35.9 Å². The molecule has 9 nitrogen and oxygen atoms in total. The van der Waals surface area contributed by atoms with E-state index in [0.717, 1.165) is 46.9 Å². The Labute approximate surface area is 259 Å². The van der Waals surface area contributed by atoms with Crippen LogP contribution in [0.2, 0.25) is 0 Å². The molecule has 10 heteroatoms. The number of nitrogens with zero attached hydrogens (tertiary/aromatic N) is 5. The number of nitrogens with one attached hydrogen (secondary N) is 1. The van der Waals surface area contributed by atoms with Crippen molar-refractivity contribution in [1.82, 2.24) is 19.9 Å². The number of aromatic nitrogens is 3. The fraction of sp³-hybridized carbons (Fsp3) is 0.312. The molecule has 1 N–H and O–H groups in total. The number of pyridine rings is 1. The zero-order chi connectivity index (χ0) is 28.9. The molecular formula is C32H33IN6O3. The van der Waals surface area contributed by atoms with E-state index in [1.54, 1.807) is 0 Å². The third-order valence-electron chi connectivity index (χ3n) is 7.52. The third kappa shape index (κ3) is 6.49. The van der Waals surface area contributed by atoms with Crippen molar-refractivity contribution in [3.63, 3.8) is 0 Å². The number of rotatable bonds is 8. The minimum Gasteiger partial charge on any atom is -0.473 e. The monoisotopic (exact) mass is 676 g/mol. The molecular weight excluding hydrogens is 643 g/mol. The molecule has 4 aromatic rings. The molecule has 0 saturated carbocycles. The summed E-state index contributed by atoms with van der Waals surface area (Å²) < 4.78 is 12.0. The van der Waals surface area contributed by atoms with Crippen molar-refractivity contribution in [3.05, 3.63) is 89.6 Å². The predicted octanol–water partition coefficient (Wildman–Crippen LogP) is 5.41. The molecule has 4 heterocycles. The number of hydrogen-bond acceptors (Lipinski definition) is 8. The van der Waals surface area contributed by atoms with Gasteiger partial charge >= 0.3 is 0 Å². The van der Waals surface area contributed by atoms with Gasteiger partial charge in [0.1, 0.15) is 18.2 Å². The SMILES string of the molecule is CC1COCCN1c1nc(-c2ccc(Nc3cccc(OCc4ccccc4)n3)cc2)nc2c1CCN(C(=O)CI)C2. The molecule has 1 atom stereocenters. The Morgan fingerprint density at radius 2 is 1.86 bits per heavy atom. The van der Waals surface area contributed by atoms with Gasteiger partial charge < -0.3 is 24.6 Å². The Morgan fingerprint density at radius 1 is 1.02 bits per heavy atom. The van der Waals surface area contributed by atoms with E-state index in [-0.39, 0.29) is 11.9 Å². The summed E-state index contributed by atoms with van der Waals surface area (Å²) >= 11 is 2.13. The second-order valence-corrected chi connectivity index (χ2v) is 11.2. The van der Waals surface area contributed by atoms with E-state index in [9.17, 15) is 4.79 Å². The minimum absolute atomic E-state index is 0.140. The average Bonchev–Trinajstić information content (AvgIpc) is 3.04. The maximum Gasteiger partial charge on any atom is 0.232 e. The van der Waals surface area contributed by atoms with Crippen molar-refractivity contribution in [2.24, 2.45) is 0 Å². The van der Waals surface area contributed by atoms with Gasteiger partial charge in [-0.1, -0.05) is 59.0 Å². The van der Waals surface area contributed by atoms with Gasteiger partial charge in [-0.15, -0.1) is 0 Å². The molecule has 1 fully saturated rings.